The van der Waals surface area contributed by atoms with Crippen molar-refractivity contribution >= 4 is 0 Å². The molecular weight excluding hydrogens is 160 g/mol. The molecule has 0 aromatic heterocycles. The van der Waals surface area contributed by atoms with E-state index in [0.29, 0.717) is 0 Å². The highest BCUT2D eigenvalue weighted by atomic mass is 16.5. The molecule has 1 nitrogen and oxygen atoms in total. The summed E-state index contributed by atoms with van der Waals surface area (Å²) in [5, 5.41) is 0. The quantitative estimate of drug-likeness (QED) is 0.413. The molecule has 78 valence electrons. The Kier molecular flexibility index (Phi) is 20.3. The maximum absolute atomic E-state index is 5.44. The number of ether oxygens (including phenoxy) is 1. The lowest BCUT2D eigenvalue weighted by atomic mass is 10.2. The third-order valence-electron chi connectivity index (χ3n) is 1.78. The van der Waals surface area contributed by atoms with Crippen LogP contribution in [-0.2, 0) is 4.74 Å². The predicted molar refractivity (Wildman–Crippen MR) is 59.8 cm³/mol. The van der Waals surface area contributed by atoms with Crippen molar-refractivity contribution in [2.75, 3.05) is 13.2 Å². The number of unbranched alkanes of at least 4 members (excludes halogenated alkanes) is 4. The summed E-state index contributed by atoms with van der Waals surface area (Å²) in [5.74, 6) is 0. The van der Waals surface area contributed by atoms with Crippen LogP contribution in [0.25, 0.3) is 0 Å². The van der Waals surface area contributed by atoms with E-state index in [9.17, 15) is 0 Å². The highest BCUT2D eigenvalue weighted by Gasteiger charge is 1.88. The molecule has 0 bridgehead atoms. The smallest absolute Gasteiger partial charge is 0.0466 e. The van der Waals surface area contributed by atoms with E-state index in [1.807, 2.05) is 0 Å². The highest BCUT2D eigenvalue weighted by Crippen LogP contribution is 1.97. The van der Waals surface area contributed by atoms with Gasteiger partial charge in [0.15, 0.2) is 0 Å². The van der Waals surface area contributed by atoms with Crippen LogP contribution >= 0.6 is 0 Å². The van der Waals surface area contributed by atoms with E-state index in [0.717, 1.165) is 13.2 Å². The van der Waals surface area contributed by atoms with Crippen molar-refractivity contribution in [1.29, 1.82) is 0 Å². The SMILES string of the molecule is C#C.CCCCCOCCCCC. The fourth-order valence-electron chi connectivity index (χ4n) is 1.01. The minimum Gasteiger partial charge on any atom is -0.381 e. The Morgan fingerprint density at radius 2 is 1.15 bits per heavy atom. The van der Waals surface area contributed by atoms with Crippen LogP contribution in [0.15, 0.2) is 0 Å². The number of terminal acetylenes is 1. The molecule has 0 rings (SSSR count). The molecule has 0 saturated heterocycles. The van der Waals surface area contributed by atoms with Crippen molar-refractivity contribution in [2.24, 2.45) is 0 Å². The van der Waals surface area contributed by atoms with Crippen molar-refractivity contribution in [3.8, 4) is 12.8 Å². The first kappa shape index (κ1) is 15.0. The van der Waals surface area contributed by atoms with E-state index in [1.165, 1.54) is 38.5 Å². The zero-order valence-electron chi connectivity index (χ0n) is 9.22. The van der Waals surface area contributed by atoms with Gasteiger partial charge in [-0.1, -0.05) is 39.5 Å². The van der Waals surface area contributed by atoms with Crippen molar-refractivity contribution in [3.05, 3.63) is 0 Å². The molecule has 0 heterocycles. The molecular formula is C12H24O. The van der Waals surface area contributed by atoms with Gasteiger partial charge in [-0.05, 0) is 12.8 Å². The topological polar surface area (TPSA) is 9.23 Å². The van der Waals surface area contributed by atoms with Gasteiger partial charge in [0.25, 0.3) is 0 Å². The van der Waals surface area contributed by atoms with Crippen molar-refractivity contribution in [3.63, 3.8) is 0 Å². The van der Waals surface area contributed by atoms with Gasteiger partial charge in [-0.25, -0.2) is 0 Å². The second-order valence-electron chi connectivity index (χ2n) is 3.03. The number of hydrogen-bond donors (Lipinski definition) is 0. The molecule has 0 aliphatic carbocycles. The monoisotopic (exact) mass is 184 g/mol. The first-order chi connectivity index (χ1) is 6.41. The summed E-state index contributed by atoms with van der Waals surface area (Å²) in [6.45, 7) is 6.38. The second-order valence-corrected chi connectivity index (χ2v) is 3.03. The van der Waals surface area contributed by atoms with Crippen LogP contribution in [0.5, 0.6) is 0 Å². The molecule has 1 heteroatoms. The summed E-state index contributed by atoms with van der Waals surface area (Å²) in [7, 11) is 0. The molecule has 0 unspecified atom stereocenters. The van der Waals surface area contributed by atoms with E-state index >= 15 is 0 Å². The van der Waals surface area contributed by atoms with Gasteiger partial charge >= 0.3 is 0 Å². The van der Waals surface area contributed by atoms with Crippen molar-refractivity contribution in [1.82, 2.24) is 0 Å². The lowest BCUT2D eigenvalue weighted by Crippen LogP contribution is -1.96. The van der Waals surface area contributed by atoms with Crippen molar-refractivity contribution < 1.29 is 4.74 Å². The molecule has 0 amide bonds. The molecule has 0 aliphatic heterocycles. The fraction of sp³-hybridized carbons (Fsp3) is 0.833. The zero-order valence-corrected chi connectivity index (χ0v) is 9.22. The summed E-state index contributed by atoms with van der Waals surface area (Å²) in [5.41, 5.74) is 0. The van der Waals surface area contributed by atoms with Crippen LogP contribution in [0.2, 0.25) is 0 Å². The fourth-order valence-corrected chi connectivity index (χ4v) is 1.01. The van der Waals surface area contributed by atoms with E-state index in [1.54, 1.807) is 0 Å². The Morgan fingerprint density at radius 1 is 0.769 bits per heavy atom. The number of rotatable bonds is 8. The molecule has 0 radical (unpaired) electrons. The molecule has 0 N–H and O–H groups in total. The van der Waals surface area contributed by atoms with Gasteiger partial charge in [-0.15, -0.1) is 12.8 Å². The predicted octanol–water partition coefficient (Wildman–Crippen LogP) is 3.63. The van der Waals surface area contributed by atoms with E-state index in [-0.39, 0.29) is 0 Å². The molecule has 0 atom stereocenters. The first-order valence-corrected chi connectivity index (χ1v) is 5.32. The average Bonchev–Trinajstić information content (AvgIpc) is 2.20. The molecule has 0 aromatic rings. The molecule has 0 aromatic carbocycles. The van der Waals surface area contributed by atoms with Crippen LogP contribution in [0.1, 0.15) is 52.4 Å². The minimum absolute atomic E-state index is 0.970. The molecule has 0 fully saturated rings. The van der Waals surface area contributed by atoms with Gasteiger partial charge in [0, 0.05) is 13.2 Å². The maximum Gasteiger partial charge on any atom is 0.0466 e. The normalized spacial score (nSPS) is 8.92. The van der Waals surface area contributed by atoms with Gasteiger partial charge in [0.05, 0.1) is 0 Å². The summed E-state index contributed by atoms with van der Waals surface area (Å²) in [6, 6.07) is 0. The summed E-state index contributed by atoms with van der Waals surface area (Å²) in [4.78, 5) is 0. The zero-order chi connectivity index (χ0) is 10.4. The van der Waals surface area contributed by atoms with Gasteiger partial charge in [-0.2, -0.15) is 0 Å². The maximum atomic E-state index is 5.44. The van der Waals surface area contributed by atoms with Crippen LogP contribution < -0.4 is 0 Å². The lowest BCUT2D eigenvalue weighted by molar-refractivity contribution is 0.126. The summed E-state index contributed by atoms with van der Waals surface area (Å²) in [6.07, 6.45) is 15.7. The van der Waals surface area contributed by atoms with Gasteiger partial charge in [0.2, 0.25) is 0 Å². The van der Waals surface area contributed by atoms with Crippen LogP contribution in [0.3, 0.4) is 0 Å². The second kappa shape index (κ2) is 17.6. The molecule has 0 saturated carbocycles. The van der Waals surface area contributed by atoms with E-state index in [2.05, 4.69) is 26.7 Å². The minimum atomic E-state index is 0.970. The third kappa shape index (κ3) is 18.5. The summed E-state index contributed by atoms with van der Waals surface area (Å²) < 4.78 is 5.44. The third-order valence-corrected chi connectivity index (χ3v) is 1.78. The Labute approximate surface area is 83.9 Å². The Morgan fingerprint density at radius 3 is 1.46 bits per heavy atom. The van der Waals surface area contributed by atoms with Crippen LogP contribution in [0.4, 0.5) is 0 Å². The van der Waals surface area contributed by atoms with Gasteiger partial charge < -0.3 is 4.74 Å². The molecule has 0 aliphatic rings. The molecule has 13 heavy (non-hydrogen) atoms. The van der Waals surface area contributed by atoms with E-state index in [4.69, 9.17) is 4.74 Å². The van der Waals surface area contributed by atoms with Crippen LogP contribution in [0, 0.1) is 12.8 Å². The van der Waals surface area contributed by atoms with Gasteiger partial charge in [-0.3, -0.25) is 0 Å². The van der Waals surface area contributed by atoms with Crippen LogP contribution in [-0.4, -0.2) is 13.2 Å². The Hall–Kier alpha value is -0.480. The Bertz CT molecular complexity index is 78.4. The van der Waals surface area contributed by atoms with Crippen molar-refractivity contribution in [2.45, 2.75) is 52.4 Å². The highest BCUT2D eigenvalue weighted by molar-refractivity contribution is 4.47. The largest absolute Gasteiger partial charge is 0.381 e. The Balaban J connectivity index is 0. The lowest BCUT2D eigenvalue weighted by Gasteiger charge is -2.01. The molecule has 0 spiro atoms. The average molecular weight is 184 g/mol. The van der Waals surface area contributed by atoms with E-state index < -0.39 is 0 Å². The first-order valence-electron chi connectivity index (χ1n) is 5.32. The summed E-state index contributed by atoms with van der Waals surface area (Å²) >= 11 is 0. The number of hydrogen-bond acceptors (Lipinski definition) is 1. The van der Waals surface area contributed by atoms with Gasteiger partial charge in [0.1, 0.15) is 0 Å². The standard InChI is InChI=1S/C10H22O.C2H2/c1-3-5-7-9-11-10-8-6-4-2;1-2/h3-10H2,1-2H3;1-2H.